The fourth-order valence-corrected chi connectivity index (χ4v) is 3.29. The number of halogens is 2. The zero-order chi connectivity index (χ0) is 14.9. The molecule has 5 atom stereocenters. The van der Waals surface area contributed by atoms with Crippen molar-refractivity contribution in [1.29, 1.82) is 0 Å². The first-order valence-electron chi connectivity index (χ1n) is 7.29. The summed E-state index contributed by atoms with van der Waals surface area (Å²) in [6.45, 7) is 8.82. The maximum absolute atomic E-state index is 14.1. The minimum Gasteiger partial charge on any atom is -0.375 e. The molecule has 1 fully saturated rings. The second-order valence-corrected chi connectivity index (χ2v) is 5.68. The van der Waals surface area contributed by atoms with Crippen LogP contribution in [0.3, 0.4) is 0 Å². The summed E-state index contributed by atoms with van der Waals surface area (Å²) in [5, 5.41) is 3.30. The number of hydrogen-bond donors (Lipinski definition) is 1. The molecule has 0 bridgehead atoms. The van der Waals surface area contributed by atoms with Gasteiger partial charge < -0.3 is 10.1 Å². The van der Waals surface area contributed by atoms with Gasteiger partial charge in [0, 0.05) is 17.5 Å². The van der Waals surface area contributed by atoms with E-state index in [1.807, 2.05) is 20.8 Å². The first-order chi connectivity index (χ1) is 9.45. The summed E-state index contributed by atoms with van der Waals surface area (Å²) in [5.41, 5.74) is 0.397. The highest BCUT2D eigenvalue weighted by atomic mass is 19.1. The van der Waals surface area contributed by atoms with Gasteiger partial charge in [-0.15, -0.1) is 0 Å². The topological polar surface area (TPSA) is 21.3 Å². The molecular weight excluding hydrogens is 260 g/mol. The minimum absolute atomic E-state index is 0.0201. The van der Waals surface area contributed by atoms with Crippen LogP contribution in [0.1, 0.15) is 39.3 Å². The average molecular weight is 283 g/mol. The van der Waals surface area contributed by atoms with Crippen LogP contribution in [0.15, 0.2) is 18.2 Å². The molecule has 2 rings (SSSR count). The van der Waals surface area contributed by atoms with Gasteiger partial charge in [-0.3, -0.25) is 0 Å². The Bertz CT molecular complexity index is 466. The maximum Gasteiger partial charge on any atom is 0.128 e. The van der Waals surface area contributed by atoms with E-state index in [0.717, 1.165) is 6.07 Å². The molecule has 1 aromatic rings. The predicted molar refractivity (Wildman–Crippen MR) is 75.4 cm³/mol. The Morgan fingerprint density at radius 3 is 2.45 bits per heavy atom. The maximum atomic E-state index is 14.1. The van der Waals surface area contributed by atoms with E-state index in [1.54, 1.807) is 0 Å². The molecule has 0 spiro atoms. The SMILES string of the molecule is CCNC(c1cc(F)ccc1F)C1C(C)OC(C)C1C. The highest BCUT2D eigenvalue weighted by Gasteiger charge is 2.42. The minimum atomic E-state index is -0.406. The molecule has 1 aromatic carbocycles. The van der Waals surface area contributed by atoms with E-state index in [4.69, 9.17) is 4.74 Å². The Kier molecular flexibility index (Phi) is 4.76. The fourth-order valence-electron chi connectivity index (χ4n) is 3.29. The van der Waals surface area contributed by atoms with Gasteiger partial charge in [-0.05, 0) is 44.5 Å². The van der Waals surface area contributed by atoms with Crippen molar-refractivity contribution in [2.24, 2.45) is 11.8 Å². The van der Waals surface area contributed by atoms with Crippen LogP contribution in [-0.4, -0.2) is 18.8 Å². The van der Waals surface area contributed by atoms with Crippen LogP contribution in [0, 0.1) is 23.5 Å². The van der Waals surface area contributed by atoms with Gasteiger partial charge in [0.1, 0.15) is 11.6 Å². The summed E-state index contributed by atoms with van der Waals surface area (Å²) in [7, 11) is 0. The largest absolute Gasteiger partial charge is 0.375 e. The van der Waals surface area contributed by atoms with Crippen LogP contribution < -0.4 is 5.32 Å². The Labute approximate surface area is 119 Å². The second-order valence-electron chi connectivity index (χ2n) is 5.68. The summed E-state index contributed by atoms with van der Waals surface area (Å²) in [4.78, 5) is 0. The van der Waals surface area contributed by atoms with E-state index in [0.29, 0.717) is 12.1 Å². The summed E-state index contributed by atoms with van der Waals surface area (Å²) < 4.78 is 33.4. The van der Waals surface area contributed by atoms with Crippen LogP contribution in [0.4, 0.5) is 8.78 Å². The number of ether oxygens (including phenoxy) is 1. The molecule has 0 saturated carbocycles. The molecule has 1 saturated heterocycles. The van der Waals surface area contributed by atoms with Crippen LogP contribution >= 0.6 is 0 Å². The van der Waals surface area contributed by atoms with E-state index < -0.39 is 5.82 Å². The van der Waals surface area contributed by atoms with Crippen LogP contribution in [0.25, 0.3) is 0 Å². The molecule has 0 aromatic heterocycles. The molecule has 2 nitrogen and oxygen atoms in total. The van der Waals surface area contributed by atoms with Crippen molar-refractivity contribution in [2.45, 2.75) is 45.9 Å². The third-order valence-corrected chi connectivity index (χ3v) is 4.42. The lowest BCUT2D eigenvalue weighted by atomic mass is 9.80. The van der Waals surface area contributed by atoms with Gasteiger partial charge in [0.05, 0.1) is 12.2 Å². The van der Waals surface area contributed by atoms with Gasteiger partial charge in [0.25, 0.3) is 0 Å². The number of hydrogen-bond acceptors (Lipinski definition) is 2. The van der Waals surface area contributed by atoms with Crippen molar-refractivity contribution in [1.82, 2.24) is 5.32 Å². The molecule has 20 heavy (non-hydrogen) atoms. The van der Waals surface area contributed by atoms with Gasteiger partial charge >= 0.3 is 0 Å². The molecule has 112 valence electrons. The molecule has 0 amide bonds. The Morgan fingerprint density at radius 2 is 1.90 bits per heavy atom. The van der Waals surface area contributed by atoms with Gasteiger partial charge in [0.15, 0.2) is 0 Å². The average Bonchev–Trinajstić information content (AvgIpc) is 2.64. The lowest BCUT2D eigenvalue weighted by molar-refractivity contribution is 0.0474. The molecule has 0 radical (unpaired) electrons. The molecule has 1 aliphatic rings. The van der Waals surface area contributed by atoms with Crippen LogP contribution in [-0.2, 0) is 4.74 Å². The summed E-state index contributed by atoms with van der Waals surface area (Å²) in [6.07, 6.45) is 0.152. The van der Waals surface area contributed by atoms with E-state index in [2.05, 4.69) is 12.2 Å². The standard InChI is InChI=1S/C16H23F2NO/c1-5-19-16(13-8-12(17)6-7-14(13)18)15-9(2)10(3)20-11(15)4/h6-11,15-16,19H,5H2,1-4H3. The first-order valence-corrected chi connectivity index (χ1v) is 7.29. The van der Waals surface area contributed by atoms with Crippen molar-refractivity contribution in [2.75, 3.05) is 6.54 Å². The Balaban J connectivity index is 2.38. The highest BCUT2D eigenvalue weighted by molar-refractivity contribution is 5.24. The van der Waals surface area contributed by atoms with Crippen molar-refractivity contribution < 1.29 is 13.5 Å². The zero-order valence-corrected chi connectivity index (χ0v) is 12.5. The van der Waals surface area contributed by atoms with Crippen molar-refractivity contribution in [3.05, 3.63) is 35.4 Å². The van der Waals surface area contributed by atoms with Crippen molar-refractivity contribution in [3.8, 4) is 0 Å². The van der Waals surface area contributed by atoms with Crippen LogP contribution in [0.5, 0.6) is 0 Å². The van der Waals surface area contributed by atoms with E-state index in [9.17, 15) is 8.78 Å². The zero-order valence-electron chi connectivity index (χ0n) is 12.5. The molecule has 1 aliphatic heterocycles. The smallest absolute Gasteiger partial charge is 0.128 e. The number of benzene rings is 1. The summed E-state index contributed by atoms with van der Waals surface area (Å²) in [5.74, 6) is -0.356. The Morgan fingerprint density at radius 1 is 1.20 bits per heavy atom. The van der Waals surface area contributed by atoms with Gasteiger partial charge in [0.2, 0.25) is 0 Å². The molecule has 1 heterocycles. The fraction of sp³-hybridized carbons (Fsp3) is 0.625. The normalized spacial score (nSPS) is 31.5. The van der Waals surface area contributed by atoms with Crippen molar-refractivity contribution in [3.63, 3.8) is 0 Å². The van der Waals surface area contributed by atoms with E-state index in [1.165, 1.54) is 12.1 Å². The highest BCUT2D eigenvalue weighted by Crippen LogP contribution is 2.41. The van der Waals surface area contributed by atoms with Crippen molar-refractivity contribution >= 4 is 0 Å². The third kappa shape index (κ3) is 2.86. The number of nitrogens with one attached hydrogen (secondary N) is 1. The van der Waals surface area contributed by atoms with E-state index >= 15 is 0 Å². The summed E-state index contributed by atoms with van der Waals surface area (Å²) in [6, 6.07) is 3.42. The Hall–Kier alpha value is -1.00. The van der Waals surface area contributed by atoms with E-state index in [-0.39, 0.29) is 35.9 Å². The summed E-state index contributed by atoms with van der Waals surface area (Å²) >= 11 is 0. The van der Waals surface area contributed by atoms with Gasteiger partial charge in [-0.1, -0.05) is 13.8 Å². The first kappa shape index (κ1) is 15.4. The lowest BCUT2D eigenvalue weighted by Gasteiger charge is -2.30. The monoisotopic (exact) mass is 283 g/mol. The molecule has 4 heteroatoms. The number of rotatable bonds is 4. The molecule has 1 N–H and O–H groups in total. The molecular formula is C16H23F2NO. The van der Waals surface area contributed by atoms with Gasteiger partial charge in [-0.2, -0.15) is 0 Å². The van der Waals surface area contributed by atoms with Crippen LogP contribution in [0.2, 0.25) is 0 Å². The van der Waals surface area contributed by atoms with Gasteiger partial charge in [-0.25, -0.2) is 8.78 Å². The molecule has 0 aliphatic carbocycles. The second kappa shape index (κ2) is 6.19. The predicted octanol–water partition coefficient (Wildman–Crippen LogP) is 3.67. The quantitative estimate of drug-likeness (QED) is 0.910. The third-order valence-electron chi connectivity index (χ3n) is 4.42. The molecule has 5 unspecified atom stereocenters. The lowest BCUT2D eigenvalue weighted by Crippen LogP contribution is -2.35.